The first kappa shape index (κ1) is 21.2. The molecule has 148 valence electrons. The molecule has 2 aromatic carbocycles. The quantitative estimate of drug-likeness (QED) is 0.279. The molecule has 0 radical (unpaired) electrons. The summed E-state index contributed by atoms with van der Waals surface area (Å²) >= 11 is 4.35. The number of nitrogens with zero attached hydrogens (tertiary/aromatic N) is 3. The normalized spacial score (nSPS) is 10.2. The third-order valence-corrected chi connectivity index (χ3v) is 5.69. The number of nitrogens with two attached hydrogens (primary N) is 1. The summed E-state index contributed by atoms with van der Waals surface area (Å²) in [6, 6.07) is 14.9. The minimum atomic E-state index is -0.401. The van der Waals surface area contributed by atoms with Crippen LogP contribution in [0, 0.1) is 22.7 Å². The Morgan fingerprint density at radius 3 is 2.33 bits per heavy atom. The number of carbonyl (C=O) groups excluding carboxylic acids is 1. The zero-order valence-corrected chi connectivity index (χ0v) is 17.7. The van der Waals surface area contributed by atoms with Crippen molar-refractivity contribution in [1.82, 2.24) is 4.98 Å². The number of hydrogen-bond acceptors (Lipinski definition) is 8. The first-order chi connectivity index (χ1) is 14.3. The number of aromatic hydroxyl groups is 2. The molecular weight excluding hydrogens is 468 g/mol. The van der Waals surface area contributed by atoms with Gasteiger partial charge in [-0.05, 0) is 35.9 Å². The summed E-state index contributed by atoms with van der Waals surface area (Å²) in [4.78, 5) is 16.6. The zero-order valence-electron chi connectivity index (χ0n) is 15.3. The van der Waals surface area contributed by atoms with Crippen LogP contribution in [0.1, 0.15) is 21.5 Å². The molecule has 0 amide bonds. The number of nitriles is 2. The molecule has 1 heterocycles. The number of thioether (sulfide) groups is 1. The number of aromatic nitrogens is 1. The van der Waals surface area contributed by atoms with Crippen LogP contribution in [0.4, 0.5) is 5.82 Å². The summed E-state index contributed by atoms with van der Waals surface area (Å²) < 4.78 is 0.836. The fraction of sp³-hybridized carbons (Fsp3) is 0.0476. The highest BCUT2D eigenvalue weighted by molar-refractivity contribution is 9.10. The van der Waals surface area contributed by atoms with Gasteiger partial charge in [-0.1, -0.05) is 39.8 Å². The van der Waals surface area contributed by atoms with Crippen LogP contribution in [0.2, 0.25) is 0 Å². The SMILES string of the molecule is N#Cc1c(N)nc(SCC(=O)c2ccc(O)c(O)c2)c(C#N)c1-c1ccc(Br)cc1. The van der Waals surface area contributed by atoms with Crippen LogP contribution in [-0.2, 0) is 0 Å². The highest BCUT2D eigenvalue weighted by atomic mass is 79.9. The molecule has 0 saturated heterocycles. The summed E-state index contributed by atoms with van der Waals surface area (Å²) in [5.74, 6) is -1.19. The van der Waals surface area contributed by atoms with Crippen LogP contribution in [0.25, 0.3) is 11.1 Å². The molecule has 9 heteroatoms. The summed E-state index contributed by atoms with van der Waals surface area (Å²) in [6.45, 7) is 0. The van der Waals surface area contributed by atoms with E-state index in [0.717, 1.165) is 22.3 Å². The highest BCUT2D eigenvalue weighted by Crippen LogP contribution is 2.36. The van der Waals surface area contributed by atoms with E-state index in [0.29, 0.717) is 11.1 Å². The average Bonchev–Trinajstić information content (AvgIpc) is 2.74. The van der Waals surface area contributed by atoms with Gasteiger partial charge in [0.2, 0.25) is 0 Å². The van der Waals surface area contributed by atoms with Crippen molar-refractivity contribution >= 4 is 39.3 Å². The number of benzene rings is 2. The summed E-state index contributed by atoms with van der Waals surface area (Å²) in [7, 11) is 0. The van der Waals surface area contributed by atoms with E-state index >= 15 is 0 Å². The number of hydrogen-bond donors (Lipinski definition) is 3. The number of carbonyl (C=O) groups is 1. The van der Waals surface area contributed by atoms with Crippen LogP contribution in [0.3, 0.4) is 0 Å². The van der Waals surface area contributed by atoms with Crippen molar-refractivity contribution in [1.29, 1.82) is 10.5 Å². The van der Waals surface area contributed by atoms with Crippen LogP contribution < -0.4 is 5.73 Å². The fourth-order valence-electron chi connectivity index (χ4n) is 2.72. The second-order valence-corrected chi connectivity index (χ2v) is 7.95. The number of anilines is 1. The second-order valence-electron chi connectivity index (χ2n) is 6.07. The maximum atomic E-state index is 12.5. The van der Waals surface area contributed by atoms with Crippen LogP contribution >= 0.6 is 27.7 Å². The highest BCUT2D eigenvalue weighted by Gasteiger charge is 2.21. The molecule has 7 nitrogen and oxygen atoms in total. The molecule has 0 fully saturated rings. The molecule has 0 unspecified atom stereocenters. The van der Waals surface area contributed by atoms with Crippen LogP contribution in [0.15, 0.2) is 52.0 Å². The topological polar surface area (TPSA) is 144 Å². The van der Waals surface area contributed by atoms with Crippen LogP contribution in [0.5, 0.6) is 11.5 Å². The number of ketones is 1. The summed E-state index contributed by atoms with van der Waals surface area (Å²) in [5, 5.41) is 38.5. The molecule has 0 aliphatic rings. The largest absolute Gasteiger partial charge is 0.504 e. The maximum Gasteiger partial charge on any atom is 0.173 e. The lowest BCUT2D eigenvalue weighted by Gasteiger charge is -2.13. The molecule has 0 aliphatic carbocycles. The lowest BCUT2D eigenvalue weighted by atomic mass is 9.97. The average molecular weight is 481 g/mol. The molecule has 30 heavy (non-hydrogen) atoms. The molecule has 1 aromatic heterocycles. The Morgan fingerprint density at radius 1 is 1.07 bits per heavy atom. The van der Waals surface area contributed by atoms with Gasteiger partial charge in [0.05, 0.1) is 11.3 Å². The number of halogens is 1. The smallest absolute Gasteiger partial charge is 0.173 e. The van der Waals surface area contributed by atoms with E-state index in [4.69, 9.17) is 5.73 Å². The predicted octanol–water partition coefficient (Wildman–Crippen LogP) is 4.22. The van der Waals surface area contributed by atoms with E-state index in [1.165, 1.54) is 12.1 Å². The predicted molar refractivity (Wildman–Crippen MR) is 116 cm³/mol. The molecule has 0 saturated carbocycles. The van der Waals surface area contributed by atoms with Gasteiger partial charge in [-0.15, -0.1) is 0 Å². The Hall–Kier alpha value is -3.53. The van der Waals surface area contributed by atoms with Crippen molar-refractivity contribution in [3.8, 4) is 34.8 Å². The van der Waals surface area contributed by atoms with Crippen molar-refractivity contribution in [2.75, 3.05) is 11.5 Å². The summed E-state index contributed by atoms with van der Waals surface area (Å²) in [5.41, 5.74) is 7.39. The zero-order chi connectivity index (χ0) is 21.8. The number of phenols is 2. The van der Waals surface area contributed by atoms with Gasteiger partial charge in [0.15, 0.2) is 17.3 Å². The molecule has 0 bridgehead atoms. The molecule has 4 N–H and O–H groups in total. The first-order valence-corrected chi connectivity index (χ1v) is 10.2. The van der Waals surface area contributed by atoms with Gasteiger partial charge in [-0.3, -0.25) is 4.79 Å². The van der Waals surface area contributed by atoms with Crippen molar-refractivity contribution in [3.63, 3.8) is 0 Å². The molecule has 0 aliphatic heterocycles. The number of nitrogen functional groups attached to an aromatic ring is 1. The van der Waals surface area contributed by atoms with E-state index < -0.39 is 5.75 Å². The standard InChI is InChI=1S/C21H13BrN4O3S/c22-13-4-1-11(2-5-13)19-14(8-23)20(25)26-21(15(19)9-24)30-10-18(29)12-3-6-16(27)17(28)7-12/h1-7,27-28H,10H2,(H2,25,26). The van der Waals surface area contributed by atoms with E-state index in [1.54, 1.807) is 24.3 Å². The van der Waals surface area contributed by atoms with Crippen molar-refractivity contribution in [2.24, 2.45) is 0 Å². The lowest BCUT2D eigenvalue weighted by molar-refractivity contribution is 0.102. The van der Waals surface area contributed by atoms with Crippen molar-refractivity contribution in [2.45, 2.75) is 5.03 Å². The fourth-order valence-corrected chi connectivity index (χ4v) is 3.88. The van der Waals surface area contributed by atoms with E-state index in [-0.39, 0.29) is 44.8 Å². The van der Waals surface area contributed by atoms with Gasteiger partial charge in [0.25, 0.3) is 0 Å². The van der Waals surface area contributed by atoms with Gasteiger partial charge in [0, 0.05) is 15.6 Å². The van der Waals surface area contributed by atoms with Gasteiger partial charge < -0.3 is 15.9 Å². The van der Waals surface area contributed by atoms with E-state index in [9.17, 15) is 25.5 Å². The Labute approximate surface area is 184 Å². The molecule has 0 atom stereocenters. The van der Waals surface area contributed by atoms with Crippen LogP contribution in [-0.4, -0.2) is 26.7 Å². The van der Waals surface area contributed by atoms with Gasteiger partial charge in [0.1, 0.15) is 28.5 Å². The minimum Gasteiger partial charge on any atom is -0.504 e. The van der Waals surface area contributed by atoms with Gasteiger partial charge in [-0.25, -0.2) is 4.98 Å². The minimum absolute atomic E-state index is 0.0355. The van der Waals surface area contributed by atoms with E-state index in [2.05, 4.69) is 27.0 Å². The van der Waals surface area contributed by atoms with Crippen molar-refractivity contribution in [3.05, 3.63) is 63.6 Å². The summed E-state index contributed by atoms with van der Waals surface area (Å²) in [6.07, 6.45) is 0. The van der Waals surface area contributed by atoms with E-state index in [1.807, 2.05) is 6.07 Å². The van der Waals surface area contributed by atoms with Crippen molar-refractivity contribution < 1.29 is 15.0 Å². The number of Topliss-reactive ketones (excluding diaryl/α,β-unsaturated/α-hetero) is 1. The Bertz CT molecular complexity index is 1230. The maximum absolute atomic E-state index is 12.5. The first-order valence-electron chi connectivity index (χ1n) is 8.43. The van der Waals surface area contributed by atoms with Gasteiger partial charge in [-0.2, -0.15) is 10.5 Å². The second kappa shape index (κ2) is 8.87. The Balaban J connectivity index is 2.00. The monoisotopic (exact) mass is 480 g/mol. The third kappa shape index (κ3) is 4.23. The lowest BCUT2D eigenvalue weighted by Crippen LogP contribution is -2.06. The number of pyridine rings is 1. The number of phenolic OH excluding ortho intramolecular Hbond substituents is 2. The molecule has 0 spiro atoms. The van der Waals surface area contributed by atoms with Gasteiger partial charge >= 0.3 is 0 Å². The Kier molecular flexibility index (Phi) is 6.26. The number of rotatable bonds is 5. The molecule has 3 aromatic rings. The molecular formula is C21H13BrN4O3S. The molecule has 3 rings (SSSR count). The third-order valence-electron chi connectivity index (χ3n) is 4.19. The Morgan fingerprint density at radius 2 is 1.73 bits per heavy atom.